The molecular formula is C10H12O4. The van der Waals surface area contributed by atoms with Gasteiger partial charge in [0.05, 0.1) is 7.11 Å². The maximum absolute atomic E-state index is 10.7. The molecule has 0 saturated heterocycles. The average molecular weight is 196 g/mol. The monoisotopic (exact) mass is 196 g/mol. The predicted octanol–water partition coefficient (Wildman–Crippen LogP) is 0.987. The van der Waals surface area contributed by atoms with Gasteiger partial charge in [-0.3, -0.25) is 0 Å². The van der Waals surface area contributed by atoms with Gasteiger partial charge in [0.2, 0.25) is 0 Å². The molecule has 0 amide bonds. The first-order valence-corrected chi connectivity index (χ1v) is 4.09. The highest BCUT2D eigenvalue weighted by molar-refractivity contribution is 5.78. The number of carbonyl (C=O) groups is 1. The van der Waals surface area contributed by atoms with Gasteiger partial charge in [0, 0.05) is 0 Å². The molecule has 0 aromatic heterocycles. The number of carboxylic acid groups (broad SMARTS) is 1. The van der Waals surface area contributed by atoms with Crippen molar-refractivity contribution >= 4 is 5.97 Å². The van der Waals surface area contributed by atoms with E-state index < -0.39 is 11.6 Å². The zero-order valence-electron chi connectivity index (χ0n) is 8.02. The molecule has 0 bridgehead atoms. The fraction of sp³-hybridized carbons (Fsp3) is 0.300. The van der Waals surface area contributed by atoms with E-state index in [4.69, 9.17) is 9.84 Å². The molecule has 14 heavy (non-hydrogen) atoms. The van der Waals surface area contributed by atoms with E-state index in [1.807, 2.05) is 0 Å². The predicted molar refractivity (Wildman–Crippen MR) is 50.2 cm³/mol. The summed E-state index contributed by atoms with van der Waals surface area (Å²) in [7, 11) is 1.52. The lowest BCUT2D eigenvalue weighted by atomic mass is 9.96. The number of ether oxygens (including phenoxy) is 1. The van der Waals surface area contributed by atoms with Gasteiger partial charge in [-0.1, -0.05) is 12.1 Å². The van der Waals surface area contributed by atoms with Gasteiger partial charge >= 0.3 is 5.97 Å². The lowest BCUT2D eigenvalue weighted by Gasteiger charge is -2.18. The van der Waals surface area contributed by atoms with Crippen molar-refractivity contribution in [2.24, 2.45) is 0 Å². The maximum atomic E-state index is 10.7. The van der Waals surface area contributed by atoms with Crippen molar-refractivity contribution < 1.29 is 19.7 Å². The zero-order valence-corrected chi connectivity index (χ0v) is 8.02. The highest BCUT2D eigenvalue weighted by Gasteiger charge is 2.31. The van der Waals surface area contributed by atoms with Crippen molar-refractivity contribution in [2.45, 2.75) is 12.5 Å². The maximum Gasteiger partial charge on any atom is 0.340 e. The molecular weight excluding hydrogens is 184 g/mol. The van der Waals surface area contributed by atoms with Gasteiger partial charge in [-0.2, -0.15) is 0 Å². The minimum Gasteiger partial charge on any atom is -0.497 e. The SMILES string of the molecule is COc1ccc([C@@](C)(O)C(=O)O)cc1. The number of aliphatic hydroxyl groups is 1. The largest absolute Gasteiger partial charge is 0.497 e. The van der Waals surface area contributed by atoms with E-state index in [0.717, 1.165) is 0 Å². The van der Waals surface area contributed by atoms with Gasteiger partial charge < -0.3 is 14.9 Å². The zero-order chi connectivity index (χ0) is 10.8. The summed E-state index contributed by atoms with van der Waals surface area (Å²) in [6.45, 7) is 1.23. The van der Waals surface area contributed by atoms with E-state index in [-0.39, 0.29) is 0 Å². The van der Waals surface area contributed by atoms with Crippen LogP contribution in [-0.2, 0) is 10.4 Å². The number of benzene rings is 1. The fourth-order valence-corrected chi connectivity index (χ4v) is 1.04. The van der Waals surface area contributed by atoms with Crippen LogP contribution < -0.4 is 4.74 Å². The van der Waals surface area contributed by atoms with E-state index in [2.05, 4.69) is 0 Å². The van der Waals surface area contributed by atoms with Gasteiger partial charge in [-0.15, -0.1) is 0 Å². The highest BCUT2D eigenvalue weighted by atomic mass is 16.5. The fourth-order valence-electron chi connectivity index (χ4n) is 1.04. The Bertz CT molecular complexity index is 326. The second-order valence-corrected chi connectivity index (χ2v) is 3.11. The molecule has 4 heteroatoms. The van der Waals surface area contributed by atoms with E-state index in [1.165, 1.54) is 26.2 Å². The second-order valence-electron chi connectivity index (χ2n) is 3.11. The number of methoxy groups -OCH3 is 1. The average Bonchev–Trinajstić information content (AvgIpc) is 2.17. The highest BCUT2D eigenvalue weighted by Crippen LogP contribution is 2.22. The molecule has 0 unspecified atom stereocenters. The standard InChI is InChI=1S/C10H12O4/c1-10(13,9(11)12)7-3-5-8(14-2)6-4-7/h3-6,13H,1-2H3,(H,11,12)/t10-/m1/s1. The van der Waals surface area contributed by atoms with Crippen LogP contribution in [-0.4, -0.2) is 23.3 Å². The van der Waals surface area contributed by atoms with E-state index in [1.54, 1.807) is 12.1 Å². The molecule has 1 rings (SSSR count). The van der Waals surface area contributed by atoms with Crippen molar-refractivity contribution in [3.63, 3.8) is 0 Å². The Morgan fingerprint density at radius 1 is 1.36 bits per heavy atom. The van der Waals surface area contributed by atoms with Crippen LogP contribution in [0.2, 0.25) is 0 Å². The summed E-state index contributed by atoms with van der Waals surface area (Å²) in [5.74, 6) is -0.655. The minimum atomic E-state index is -1.85. The molecule has 0 fully saturated rings. The topological polar surface area (TPSA) is 66.8 Å². The second kappa shape index (κ2) is 3.67. The lowest BCUT2D eigenvalue weighted by Crippen LogP contribution is -2.31. The summed E-state index contributed by atoms with van der Waals surface area (Å²) in [6, 6.07) is 6.25. The van der Waals surface area contributed by atoms with Crippen LogP contribution in [0.3, 0.4) is 0 Å². The first-order chi connectivity index (χ1) is 6.48. The summed E-state index contributed by atoms with van der Waals surface area (Å²) < 4.78 is 4.91. The quantitative estimate of drug-likeness (QED) is 0.756. The number of aliphatic carboxylic acids is 1. The van der Waals surface area contributed by atoms with Gasteiger partial charge in [0.1, 0.15) is 5.75 Å². The van der Waals surface area contributed by atoms with Crippen LogP contribution >= 0.6 is 0 Å². The molecule has 1 aromatic rings. The number of hydrogen-bond acceptors (Lipinski definition) is 3. The smallest absolute Gasteiger partial charge is 0.340 e. The third-order valence-corrected chi connectivity index (χ3v) is 2.07. The Morgan fingerprint density at radius 2 is 1.86 bits per heavy atom. The molecule has 0 heterocycles. The first-order valence-electron chi connectivity index (χ1n) is 4.09. The van der Waals surface area contributed by atoms with Gasteiger partial charge in [0.15, 0.2) is 5.60 Å². The number of carboxylic acids is 1. The Balaban J connectivity index is 3.02. The van der Waals surface area contributed by atoms with Gasteiger partial charge in [-0.25, -0.2) is 4.79 Å². The molecule has 0 radical (unpaired) electrons. The van der Waals surface area contributed by atoms with Crippen molar-refractivity contribution in [3.8, 4) is 5.75 Å². The van der Waals surface area contributed by atoms with Gasteiger partial charge in [-0.05, 0) is 24.6 Å². The van der Waals surface area contributed by atoms with Crippen LogP contribution in [0.25, 0.3) is 0 Å². The van der Waals surface area contributed by atoms with E-state index in [0.29, 0.717) is 11.3 Å². The van der Waals surface area contributed by atoms with E-state index >= 15 is 0 Å². The summed E-state index contributed by atoms with van der Waals surface area (Å²) in [5.41, 5.74) is -1.53. The molecule has 4 nitrogen and oxygen atoms in total. The summed E-state index contributed by atoms with van der Waals surface area (Å²) in [5, 5.41) is 18.3. The van der Waals surface area contributed by atoms with Crippen LogP contribution in [0.5, 0.6) is 5.75 Å². The van der Waals surface area contributed by atoms with Crippen molar-refractivity contribution in [1.29, 1.82) is 0 Å². The molecule has 0 aliphatic carbocycles. The summed E-state index contributed by atoms with van der Waals surface area (Å²) in [6.07, 6.45) is 0. The molecule has 0 aliphatic heterocycles. The Kier molecular flexibility index (Phi) is 2.76. The van der Waals surface area contributed by atoms with Crippen LogP contribution in [0, 0.1) is 0 Å². The first kappa shape index (κ1) is 10.5. The third-order valence-electron chi connectivity index (χ3n) is 2.07. The van der Waals surface area contributed by atoms with Crippen LogP contribution in [0.1, 0.15) is 12.5 Å². The van der Waals surface area contributed by atoms with Crippen molar-refractivity contribution in [1.82, 2.24) is 0 Å². The molecule has 1 atom stereocenters. The summed E-state index contributed by atoms with van der Waals surface area (Å²) >= 11 is 0. The van der Waals surface area contributed by atoms with Crippen molar-refractivity contribution in [2.75, 3.05) is 7.11 Å². The van der Waals surface area contributed by atoms with Crippen LogP contribution in [0.4, 0.5) is 0 Å². The molecule has 2 N–H and O–H groups in total. The number of hydrogen-bond donors (Lipinski definition) is 2. The van der Waals surface area contributed by atoms with Gasteiger partial charge in [0.25, 0.3) is 0 Å². The molecule has 0 saturated carbocycles. The molecule has 0 aliphatic rings. The van der Waals surface area contributed by atoms with Crippen molar-refractivity contribution in [3.05, 3.63) is 29.8 Å². The molecule has 0 spiro atoms. The summed E-state index contributed by atoms with van der Waals surface area (Å²) in [4.78, 5) is 10.7. The van der Waals surface area contributed by atoms with E-state index in [9.17, 15) is 9.90 Å². The Morgan fingerprint density at radius 3 is 2.21 bits per heavy atom. The van der Waals surface area contributed by atoms with Crippen LogP contribution in [0.15, 0.2) is 24.3 Å². The molecule has 1 aromatic carbocycles. The Hall–Kier alpha value is -1.55. The lowest BCUT2D eigenvalue weighted by molar-refractivity contribution is -0.157. The normalized spacial score (nSPS) is 14.5. The minimum absolute atomic E-state index is 0.325. The number of rotatable bonds is 3. The molecule has 76 valence electrons. The Labute approximate surface area is 81.8 Å². The third kappa shape index (κ3) is 1.85.